The van der Waals surface area contributed by atoms with Gasteiger partial charge >= 0.3 is 0 Å². The summed E-state index contributed by atoms with van der Waals surface area (Å²) in [6.07, 6.45) is 4.93. The summed E-state index contributed by atoms with van der Waals surface area (Å²) < 4.78 is 5.55. The molecule has 6 heteroatoms. The first-order chi connectivity index (χ1) is 8.83. The smallest absolute Gasteiger partial charge is 0.249 e. The van der Waals surface area contributed by atoms with Crippen LogP contribution in [0.25, 0.3) is 22.9 Å². The summed E-state index contributed by atoms with van der Waals surface area (Å²) in [5.74, 6) is 0.825. The molecule has 0 N–H and O–H groups in total. The van der Waals surface area contributed by atoms with Crippen LogP contribution in [0.4, 0.5) is 0 Å². The standard InChI is InChI=1S/C12H7ClN4O/c13-10-4-3-9(7-15-10)12-17-16-11(18-12)8-2-1-5-14-6-8/h1-7H. The fourth-order valence-corrected chi connectivity index (χ4v) is 1.56. The van der Waals surface area contributed by atoms with Gasteiger partial charge in [0.15, 0.2) is 0 Å². The average Bonchev–Trinajstić information content (AvgIpc) is 2.90. The Labute approximate surface area is 107 Å². The predicted octanol–water partition coefficient (Wildman–Crippen LogP) is 2.85. The maximum absolute atomic E-state index is 5.71. The van der Waals surface area contributed by atoms with Crippen molar-refractivity contribution in [1.82, 2.24) is 20.2 Å². The summed E-state index contributed by atoms with van der Waals surface area (Å²) in [4.78, 5) is 7.96. The highest BCUT2D eigenvalue weighted by Crippen LogP contribution is 2.23. The molecule has 3 rings (SSSR count). The molecule has 0 bridgehead atoms. The maximum atomic E-state index is 5.71. The monoisotopic (exact) mass is 258 g/mol. The molecule has 0 saturated heterocycles. The molecule has 5 nitrogen and oxygen atoms in total. The number of rotatable bonds is 2. The van der Waals surface area contributed by atoms with E-state index >= 15 is 0 Å². The van der Waals surface area contributed by atoms with Gasteiger partial charge in [0.2, 0.25) is 11.8 Å². The highest BCUT2D eigenvalue weighted by Gasteiger charge is 2.10. The van der Waals surface area contributed by atoms with Crippen molar-refractivity contribution in [3.63, 3.8) is 0 Å². The minimum absolute atomic E-state index is 0.401. The maximum Gasteiger partial charge on any atom is 0.249 e. The fourth-order valence-electron chi connectivity index (χ4n) is 1.45. The SMILES string of the molecule is Clc1ccc(-c2nnc(-c3cccnc3)o2)cn1. The number of nitrogens with zero attached hydrogens (tertiary/aromatic N) is 4. The van der Waals surface area contributed by atoms with Crippen LogP contribution >= 0.6 is 11.6 Å². The molecule has 0 unspecified atom stereocenters. The molecule has 0 spiro atoms. The third-order valence-corrected chi connectivity index (χ3v) is 2.53. The number of hydrogen-bond donors (Lipinski definition) is 0. The average molecular weight is 259 g/mol. The molecular weight excluding hydrogens is 252 g/mol. The van der Waals surface area contributed by atoms with Crippen LogP contribution in [-0.4, -0.2) is 20.2 Å². The number of aromatic nitrogens is 4. The van der Waals surface area contributed by atoms with E-state index < -0.39 is 0 Å². The molecule has 0 atom stereocenters. The summed E-state index contributed by atoms with van der Waals surface area (Å²) in [6.45, 7) is 0. The van der Waals surface area contributed by atoms with Gasteiger partial charge in [0.25, 0.3) is 0 Å². The van der Waals surface area contributed by atoms with Crippen molar-refractivity contribution in [2.24, 2.45) is 0 Å². The van der Waals surface area contributed by atoms with Crippen molar-refractivity contribution in [2.75, 3.05) is 0 Å². The highest BCUT2D eigenvalue weighted by molar-refractivity contribution is 6.29. The third kappa shape index (κ3) is 2.08. The quantitative estimate of drug-likeness (QED) is 0.661. The van der Waals surface area contributed by atoms with Gasteiger partial charge in [-0.2, -0.15) is 0 Å². The highest BCUT2D eigenvalue weighted by atomic mass is 35.5. The molecule has 3 heterocycles. The first-order valence-corrected chi connectivity index (χ1v) is 5.56. The summed E-state index contributed by atoms with van der Waals surface area (Å²) >= 11 is 5.71. The summed E-state index contributed by atoms with van der Waals surface area (Å²) in [6, 6.07) is 7.11. The van der Waals surface area contributed by atoms with Gasteiger partial charge in [-0.1, -0.05) is 11.6 Å². The molecule has 0 saturated carbocycles. The Morgan fingerprint density at radius 2 is 1.72 bits per heavy atom. The molecule has 3 aromatic heterocycles. The van der Waals surface area contributed by atoms with E-state index in [2.05, 4.69) is 20.2 Å². The molecule has 0 radical (unpaired) electrons. The van der Waals surface area contributed by atoms with Crippen molar-refractivity contribution in [2.45, 2.75) is 0 Å². The van der Waals surface area contributed by atoms with E-state index in [9.17, 15) is 0 Å². The lowest BCUT2D eigenvalue weighted by molar-refractivity contribution is 0.584. The van der Waals surface area contributed by atoms with Crippen LogP contribution in [0.5, 0.6) is 0 Å². The first-order valence-electron chi connectivity index (χ1n) is 5.19. The summed E-state index contributed by atoms with van der Waals surface area (Å²) in [5, 5.41) is 8.35. The lowest BCUT2D eigenvalue weighted by atomic mass is 10.3. The van der Waals surface area contributed by atoms with Gasteiger partial charge in [-0.15, -0.1) is 10.2 Å². The molecule has 0 aliphatic heterocycles. The van der Waals surface area contributed by atoms with Gasteiger partial charge < -0.3 is 4.42 Å². The second-order valence-corrected chi connectivity index (χ2v) is 3.91. The first kappa shape index (κ1) is 10.9. The molecule has 88 valence electrons. The zero-order chi connectivity index (χ0) is 12.4. The van der Waals surface area contributed by atoms with Crippen molar-refractivity contribution in [3.8, 4) is 22.9 Å². The van der Waals surface area contributed by atoms with Gasteiger partial charge in [-0.05, 0) is 24.3 Å². The molecule has 0 aromatic carbocycles. The molecule has 18 heavy (non-hydrogen) atoms. The number of halogens is 1. The normalized spacial score (nSPS) is 10.5. The van der Waals surface area contributed by atoms with E-state index in [1.807, 2.05) is 12.1 Å². The van der Waals surface area contributed by atoms with Crippen molar-refractivity contribution >= 4 is 11.6 Å². The van der Waals surface area contributed by atoms with E-state index in [1.54, 1.807) is 30.7 Å². The summed E-state index contributed by atoms with van der Waals surface area (Å²) in [5.41, 5.74) is 1.50. The Morgan fingerprint density at radius 3 is 2.33 bits per heavy atom. The fraction of sp³-hybridized carbons (Fsp3) is 0. The van der Waals surface area contributed by atoms with Gasteiger partial charge in [0, 0.05) is 18.6 Å². The zero-order valence-corrected chi connectivity index (χ0v) is 9.87. The number of hydrogen-bond acceptors (Lipinski definition) is 5. The summed E-state index contributed by atoms with van der Waals surface area (Å²) in [7, 11) is 0. The largest absolute Gasteiger partial charge is 0.416 e. The van der Waals surface area contributed by atoms with Gasteiger partial charge in [0.1, 0.15) is 5.15 Å². The molecular formula is C12H7ClN4O. The van der Waals surface area contributed by atoms with Gasteiger partial charge in [-0.3, -0.25) is 4.98 Å². The minimum atomic E-state index is 0.401. The Hall–Kier alpha value is -2.27. The van der Waals surface area contributed by atoms with E-state index in [0.29, 0.717) is 16.9 Å². The van der Waals surface area contributed by atoms with Crippen molar-refractivity contribution < 1.29 is 4.42 Å². The lowest BCUT2D eigenvalue weighted by Gasteiger charge is -1.94. The predicted molar refractivity (Wildman–Crippen MR) is 65.8 cm³/mol. The lowest BCUT2D eigenvalue weighted by Crippen LogP contribution is -1.80. The second-order valence-electron chi connectivity index (χ2n) is 3.52. The van der Waals surface area contributed by atoms with Crippen molar-refractivity contribution in [3.05, 3.63) is 48.0 Å². The van der Waals surface area contributed by atoms with Crippen LogP contribution in [0.3, 0.4) is 0 Å². The number of pyridine rings is 2. The molecule has 0 aliphatic rings. The van der Waals surface area contributed by atoms with E-state index in [0.717, 1.165) is 11.1 Å². The van der Waals surface area contributed by atoms with Crippen LogP contribution in [0.15, 0.2) is 47.3 Å². The zero-order valence-electron chi connectivity index (χ0n) is 9.12. The molecule has 0 fully saturated rings. The molecule has 0 amide bonds. The Kier molecular flexibility index (Phi) is 2.74. The van der Waals surface area contributed by atoms with Crippen LogP contribution in [0.1, 0.15) is 0 Å². The molecule has 3 aromatic rings. The third-order valence-electron chi connectivity index (χ3n) is 2.31. The van der Waals surface area contributed by atoms with Gasteiger partial charge in [-0.25, -0.2) is 4.98 Å². The minimum Gasteiger partial charge on any atom is -0.416 e. The van der Waals surface area contributed by atoms with E-state index in [4.69, 9.17) is 16.0 Å². The van der Waals surface area contributed by atoms with E-state index in [1.165, 1.54) is 0 Å². The Bertz CT molecular complexity index is 651. The van der Waals surface area contributed by atoms with Crippen LogP contribution in [0.2, 0.25) is 5.15 Å². The van der Waals surface area contributed by atoms with Crippen LogP contribution in [-0.2, 0) is 0 Å². The van der Waals surface area contributed by atoms with E-state index in [-0.39, 0.29) is 0 Å². The topological polar surface area (TPSA) is 64.7 Å². The second kappa shape index (κ2) is 4.54. The van der Waals surface area contributed by atoms with Crippen LogP contribution in [0, 0.1) is 0 Å². The van der Waals surface area contributed by atoms with Gasteiger partial charge in [0.05, 0.1) is 11.1 Å². The van der Waals surface area contributed by atoms with Crippen LogP contribution < -0.4 is 0 Å². The molecule has 0 aliphatic carbocycles. The van der Waals surface area contributed by atoms with Crippen molar-refractivity contribution in [1.29, 1.82) is 0 Å². The Morgan fingerprint density at radius 1 is 0.944 bits per heavy atom. The Balaban J connectivity index is 1.97.